The van der Waals surface area contributed by atoms with Crippen molar-refractivity contribution in [2.24, 2.45) is 0 Å². The van der Waals surface area contributed by atoms with Crippen LogP contribution in [-0.4, -0.2) is 17.7 Å². The molecular formula is C10H11IO3. The summed E-state index contributed by atoms with van der Waals surface area (Å²) in [5, 5.41) is 9.58. The molecule has 3 nitrogen and oxygen atoms in total. The lowest BCUT2D eigenvalue weighted by molar-refractivity contribution is -0.144. The van der Waals surface area contributed by atoms with Crippen LogP contribution in [0.15, 0.2) is 24.3 Å². The fourth-order valence-corrected chi connectivity index (χ4v) is 1.34. The lowest BCUT2D eigenvalue weighted by Gasteiger charge is -2.10. The number of carbonyl (C=O) groups is 1. The minimum Gasteiger partial charge on any atom is -0.463 e. The summed E-state index contributed by atoms with van der Waals surface area (Å²) in [7, 11) is 0. The van der Waals surface area contributed by atoms with Crippen LogP contribution in [-0.2, 0) is 9.53 Å². The summed E-state index contributed by atoms with van der Waals surface area (Å²) in [6.45, 7) is 1.33. The monoisotopic (exact) mass is 306 g/mol. The maximum Gasteiger partial charge on any atom is 0.302 e. The maximum absolute atomic E-state index is 10.5. The molecule has 0 radical (unpaired) electrons. The van der Waals surface area contributed by atoms with E-state index in [1.807, 2.05) is 24.3 Å². The normalized spacial score (nSPS) is 12.2. The lowest BCUT2D eigenvalue weighted by Crippen LogP contribution is -2.09. The molecule has 0 saturated carbocycles. The van der Waals surface area contributed by atoms with Crippen LogP contribution < -0.4 is 0 Å². The fraction of sp³-hybridized carbons (Fsp3) is 0.300. The maximum atomic E-state index is 10.5. The molecule has 4 heteroatoms. The molecule has 0 bridgehead atoms. The number of hydrogen-bond donors (Lipinski definition) is 1. The minimum atomic E-state index is -0.740. The molecule has 1 aromatic carbocycles. The molecule has 0 heterocycles. The molecule has 76 valence electrons. The van der Waals surface area contributed by atoms with Gasteiger partial charge in [0.1, 0.15) is 12.7 Å². The number of esters is 1. The molecule has 1 rings (SSSR count). The molecule has 0 aliphatic rings. The molecule has 0 unspecified atom stereocenters. The topological polar surface area (TPSA) is 46.5 Å². The van der Waals surface area contributed by atoms with Crippen LogP contribution in [0.1, 0.15) is 18.6 Å². The molecule has 14 heavy (non-hydrogen) atoms. The molecule has 0 saturated heterocycles. The van der Waals surface area contributed by atoms with Crippen molar-refractivity contribution in [3.63, 3.8) is 0 Å². The Bertz CT molecular complexity index is 308. The Morgan fingerprint density at radius 1 is 1.50 bits per heavy atom. The Balaban J connectivity index is 2.56. The summed E-state index contributed by atoms with van der Waals surface area (Å²) in [4.78, 5) is 10.5. The Morgan fingerprint density at radius 2 is 2.07 bits per heavy atom. The van der Waals surface area contributed by atoms with Gasteiger partial charge in [-0.1, -0.05) is 12.1 Å². The van der Waals surface area contributed by atoms with Crippen LogP contribution in [0.2, 0.25) is 0 Å². The average molecular weight is 306 g/mol. The molecule has 0 fully saturated rings. The van der Waals surface area contributed by atoms with Crippen molar-refractivity contribution >= 4 is 28.6 Å². The van der Waals surface area contributed by atoms with Gasteiger partial charge in [0.25, 0.3) is 0 Å². The van der Waals surface area contributed by atoms with Crippen LogP contribution in [0.25, 0.3) is 0 Å². The number of aliphatic hydroxyl groups excluding tert-OH is 1. The van der Waals surface area contributed by atoms with Gasteiger partial charge >= 0.3 is 5.97 Å². The molecule has 0 aromatic heterocycles. The number of benzene rings is 1. The summed E-state index contributed by atoms with van der Waals surface area (Å²) in [5.74, 6) is -0.380. The van der Waals surface area contributed by atoms with Gasteiger partial charge in [-0.05, 0) is 40.3 Å². The molecule has 1 N–H and O–H groups in total. The van der Waals surface area contributed by atoms with E-state index in [0.717, 1.165) is 9.13 Å². The number of hydrogen-bond acceptors (Lipinski definition) is 3. The summed E-state index contributed by atoms with van der Waals surface area (Å²) >= 11 is 2.18. The van der Waals surface area contributed by atoms with Crippen molar-refractivity contribution in [3.8, 4) is 0 Å². The van der Waals surface area contributed by atoms with E-state index >= 15 is 0 Å². The third-order valence-electron chi connectivity index (χ3n) is 1.70. The van der Waals surface area contributed by atoms with Gasteiger partial charge in [0, 0.05) is 10.5 Å². The van der Waals surface area contributed by atoms with Gasteiger partial charge in [-0.15, -0.1) is 0 Å². The number of ether oxygens (including phenoxy) is 1. The van der Waals surface area contributed by atoms with Gasteiger partial charge < -0.3 is 9.84 Å². The highest BCUT2D eigenvalue weighted by Crippen LogP contribution is 2.14. The van der Waals surface area contributed by atoms with E-state index in [9.17, 15) is 9.90 Å². The first-order chi connectivity index (χ1) is 6.59. The lowest BCUT2D eigenvalue weighted by atomic mass is 10.1. The van der Waals surface area contributed by atoms with Crippen molar-refractivity contribution in [3.05, 3.63) is 33.4 Å². The largest absolute Gasteiger partial charge is 0.463 e. The van der Waals surface area contributed by atoms with Crippen molar-refractivity contribution in [2.75, 3.05) is 6.61 Å². The SMILES string of the molecule is CC(=O)OC[C@@H](O)c1ccc(I)cc1. The first-order valence-corrected chi connectivity index (χ1v) is 5.24. The third kappa shape index (κ3) is 3.63. The van der Waals surface area contributed by atoms with E-state index in [4.69, 9.17) is 4.74 Å². The first kappa shape index (κ1) is 11.5. The van der Waals surface area contributed by atoms with E-state index < -0.39 is 6.10 Å². The standard InChI is InChI=1S/C10H11IO3/c1-7(12)14-6-10(13)8-2-4-9(11)5-3-8/h2-5,10,13H,6H2,1H3/t10-/m1/s1. The van der Waals surface area contributed by atoms with Crippen LogP contribution in [0.5, 0.6) is 0 Å². The summed E-state index contributed by atoms with van der Waals surface area (Å²) in [6, 6.07) is 7.42. The zero-order chi connectivity index (χ0) is 10.6. The summed E-state index contributed by atoms with van der Waals surface area (Å²) in [5.41, 5.74) is 0.756. The summed E-state index contributed by atoms with van der Waals surface area (Å²) in [6.07, 6.45) is -0.740. The molecule has 1 aromatic rings. The second-order valence-corrected chi connectivity index (χ2v) is 4.12. The van der Waals surface area contributed by atoms with E-state index in [1.54, 1.807) is 0 Å². The third-order valence-corrected chi connectivity index (χ3v) is 2.42. The second kappa shape index (κ2) is 5.31. The van der Waals surface area contributed by atoms with E-state index in [2.05, 4.69) is 22.6 Å². The second-order valence-electron chi connectivity index (χ2n) is 2.87. The quantitative estimate of drug-likeness (QED) is 0.685. The van der Waals surface area contributed by atoms with Crippen molar-refractivity contribution in [1.82, 2.24) is 0 Å². The molecular weight excluding hydrogens is 295 g/mol. The summed E-state index contributed by atoms with van der Waals surface area (Å²) < 4.78 is 5.80. The smallest absolute Gasteiger partial charge is 0.302 e. The Hall–Kier alpha value is -0.620. The van der Waals surface area contributed by atoms with E-state index in [1.165, 1.54) is 6.92 Å². The number of aliphatic hydroxyl groups is 1. The predicted molar refractivity (Wildman–Crippen MR) is 60.8 cm³/mol. The van der Waals surface area contributed by atoms with Gasteiger partial charge in [-0.2, -0.15) is 0 Å². The van der Waals surface area contributed by atoms with Crippen LogP contribution in [0.4, 0.5) is 0 Å². The van der Waals surface area contributed by atoms with E-state index in [-0.39, 0.29) is 12.6 Å². The van der Waals surface area contributed by atoms with Gasteiger partial charge in [-0.25, -0.2) is 0 Å². The minimum absolute atomic E-state index is 0.00985. The van der Waals surface area contributed by atoms with Crippen molar-refractivity contribution in [1.29, 1.82) is 0 Å². The van der Waals surface area contributed by atoms with Crippen LogP contribution in [0.3, 0.4) is 0 Å². The Labute approximate surface area is 96.2 Å². The number of carbonyl (C=O) groups excluding carboxylic acids is 1. The highest BCUT2D eigenvalue weighted by atomic mass is 127. The van der Waals surface area contributed by atoms with Gasteiger partial charge in [0.2, 0.25) is 0 Å². The zero-order valence-electron chi connectivity index (χ0n) is 7.74. The van der Waals surface area contributed by atoms with Gasteiger partial charge in [-0.3, -0.25) is 4.79 Å². The molecule has 0 amide bonds. The molecule has 0 aliphatic carbocycles. The highest BCUT2D eigenvalue weighted by Gasteiger charge is 2.08. The molecule has 0 aliphatic heterocycles. The number of halogens is 1. The first-order valence-electron chi connectivity index (χ1n) is 4.16. The molecule has 0 spiro atoms. The van der Waals surface area contributed by atoms with Crippen molar-refractivity contribution in [2.45, 2.75) is 13.0 Å². The Morgan fingerprint density at radius 3 is 2.57 bits per heavy atom. The molecule has 1 atom stereocenters. The van der Waals surface area contributed by atoms with E-state index in [0.29, 0.717) is 0 Å². The predicted octanol–water partition coefficient (Wildman–Crippen LogP) is 1.89. The average Bonchev–Trinajstić information content (AvgIpc) is 2.15. The Kier molecular flexibility index (Phi) is 4.34. The van der Waals surface area contributed by atoms with Gasteiger partial charge in [0.05, 0.1) is 0 Å². The number of rotatable bonds is 3. The highest BCUT2D eigenvalue weighted by molar-refractivity contribution is 14.1. The van der Waals surface area contributed by atoms with Crippen LogP contribution >= 0.6 is 22.6 Å². The van der Waals surface area contributed by atoms with Gasteiger partial charge in [0.15, 0.2) is 0 Å². The zero-order valence-corrected chi connectivity index (χ0v) is 9.89. The van der Waals surface area contributed by atoms with Crippen LogP contribution in [0, 0.1) is 3.57 Å². The van der Waals surface area contributed by atoms with Crippen molar-refractivity contribution < 1.29 is 14.6 Å². The fourth-order valence-electron chi connectivity index (χ4n) is 0.977.